The first kappa shape index (κ1) is 59.5. The number of benzene rings is 29. The summed E-state index contributed by atoms with van der Waals surface area (Å²) < 4.78 is 305. The van der Waals surface area contributed by atoms with Gasteiger partial charge in [-0.05, 0) is 293 Å². The lowest BCUT2D eigenvalue weighted by atomic mass is 9.81. The molecule has 0 amide bonds. The Morgan fingerprint density at radius 2 is 0.389 bits per heavy atom. The van der Waals surface area contributed by atoms with Crippen LogP contribution in [0.25, 0.3) is 317 Å². The Labute approximate surface area is 901 Å². The maximum atomic E-state index is 9.72. The van der Waals surface area contributed by atoms with Gasteiger partial charge in [0.05, 0.1) is 42.5 Å². The molecule has 0 saturated carbocycles. The van der Waals surface area contributed by atoms with Gasteiger partial charge in [-0.15, -0.1) is 0 Å². The molecular weight excluding hydrogens is 1800 g/mol. The van der Waals surface area contributed by atoms with Crippen LogP contribution >= 0.6 is 0 Å². The predicted octanol–water partition coefficient (Wildman–Crippen LogP) is 41.9. The van der Waals surface area contributed by atoms with E-state index in [0.29, 0.717) is 106 Å². The quantitative estimate of drug-likeness (QED) is 0.135. The average molecular weight is 1920 g/mol. The smallest absolute Gasteiger partial charge is 0.136 e. The van der Waals surface area contributed by atoms with Crippen molar-refractivity contribution in [3.63, 3.8) is 0 Å². The summed E-state index contributed by atoms with van der Waals surface area (Å²) in [5.41, 5.74) is 11.3. The van der Waals surface area contributed by atoms with Crippen LogP contribution in [0.3, 0.4) is 0 Å². The van der Waals surface area contributed by atoms with Crippen LogP contribution < -0.4 is 0 Å². The molecule has 0 aliphatic heterocycles. The van der Waals surface area contributed by atoms with Crippen LogP contribution in [0.2, 0.25) is 0 Å². The third-order valence-electron chi connectivity index (χ3n) is 29.4. The molecule has 0 aliphatic carbocycles. The first-order valence-corrected chi connectivity index (χ1v) is 48.9. The molecule has 0 N–H and O–H groups in total. The Balaban J connectivity index is 0.000000117. The molecule has 0 bridgehead atoms. The molecule has 29 aromatic carbocycles. The van der Waals surface area contributed by atoms with E-state index in [9.17, 15) is 17.8 Å². The van der Waals surface area contributed by atoms with Crippen LogP contribution in [-0.4, -0.2) is 0 Å². The predicted molar refractivity (Wildman–Crippen MR) is 635 cm³/mol. The minimum absolute atomic E-state index is 0.0176. The number of fused-ring (bicyclic) bond motifs is 26. The summed E-state index contributed by atoms with van der Waals surface area (Å²) in [6, 6.07) is 94.6. The van der Waals surface area contributed by atoms with Gasteiger partial charge in [0, 0.05) is 32.3 Å². The first-order valence-electron chi connectivity index (χ1n) is 64.4. The van der Waals surface area contributed by atoms with E-state index >= 15 is 0 Å². The van der Waals surface area contributed by atoms with Gasteiger partial charge in [-0.2, -0.15) is 0 Å². The van der Waals surface area contributed by atoms with E-state index in [1.165, 1.54) is 0 Å². The summed E-state index contributed by atoms with van der Waals surface area (Å²) in [5, 5.41) is 17.4. The van der Waals surface area contributed by atoms with Gasteiger partial charge in [0.15, 0.2) is 0 Å². The number of rotatable bonds is 9. The van der Waals surface area contributed by atoms with Crippen LogP contribution in [0.15, 0.2) is 546 Å². The minimum atomic E-state index is -0.761. The second kappa shape index (κ2) is 34.6. The molecular formula is C146H88O3. The van der Waals surface area contributed by atoms with Crippen molar-refractivity contribution < 1.29 is 55.7 Å². The molecule has 0 aliphatic rings. The maximum absolute atomic E-state index is 9.72. The number of furan rings is 3. The molecule has 32 rings (SSSR count). The standard InChI is InChI=1S/2C50H30O.C46H28O/c1-4-17-34-31(13-1)16-11-24-37(34)46-38-20-7-9-22-40(38)48(41-23-10-8-21-39(41)46)47-35-18-5-2-14-32(35)27-29-43(47)42-25-12-26-44-50(42)49-36-19-6-3-15-33(36)28-30-45(49)51-44;1-2-15-34-30-35(25-24-31(34)12-1)46-38-18-7-9-20-40(38)48(41-21-10-8-19-39(41)46)47-36-16-5-3-13-32(36)26-28-43(47)42-22-11-23-44-50(42)49-37-17-6-4-14-33(37)27-29-45(49)51-44;1-3-16-31-29(13-1)15-11-24-34(31)43-37-20-7-9-22-39(37)44(40-23-10-8-21-38(40)43)35-19-6-5-18-33(35)36-25-12-26-41-46(36)45-32-17-4-2-14-30(32)27-28-42(45)47-41/h2*1-30H;1-28H/i7D,8D,9D,10D,20D,21D,22D,23D;7D,8D,9D,10D,18D,19D,20D,21D;1D,3D,7D,8D,9D,10D,11D,13D,15D,16D,20D,21D,22D,23D,24D. The lowest BCUT2D eigenvalue weighted by molar-refractivity contribution is 0.669. The molecule has 0 atom stereocenters. The summed E-state index contributed by atoms with van der Waals surface area (Å²) in [5.74, 6) is 0. The molecule has 3 heterocycles. The van der Waals surface area contributed by atoms with E-state index < -0.39 is 155 Å². The maximum Gasteiger partial charge on any atom is 0.136 e. The van der Waals surface area contributed by atoms with Gasteiger partial charge in [-0.3, -0.25) is 0 Å². The van der Waals surface area contributed by atoms with Gasteiger partial charge in [-0.25, -0.2) is 0 Å². The molecule has 3 heteroatoms. The van der Waals surface area contributed by atoms with E-state index in [1.807, 2.05) is 303 Å². The Morgan fingerprint density at radius 1 is 0.121 bits per heavy atom. The lowest BCUT2D eigenvalue weighted by Crippen LogP contribution is -1.94. The fraction of sp³-hybridized carbons (Fsp3) is 0. The van der Waals surface area contributed by atoms with Crippen molar-refractivity contribution in [3.05, 3.63) is 533 Å². The second-order valence-electron chi connectivity index (χ2n) is 37.1. The van der Waals surface area contributed by atoms with Crippen molar-refractivity contribution in [2.45, 2.75) is 0 Å². The molecule has 690 valence electrons. The summed E-state index contributed by atoms with van der Waals surface area (Å²) in [4.78, 5) is 0. The Morgan fingerprint density at radius 3 is 0.819 bits per heavy atom. The molecule has 149 heavy (non-hydrogen) atoms. The SMILES string of the molecule is [2H]c1c([2H])c([2H])c2c(-c3c(-c4cccc5oc6ccc7ccccc7c6c45)ccc4ccccc34)c3c([2H])c([2H])c([2H])c([2H])c3c(-c3ccc4ccccc4c3)c2c1[2H].[2H]c1c([2H])c([2H])c2c(-c3c(-c4cccc5oc6ccc7ccccc7c6c45)ccc4ccccc34)c3c([2H])c([2H])c([2H])c([2H])c3c(-c3cccc4ccccc34)c2c1[2H].[2H]c1c([2H])c([2H])c2c(-c3c4c([2H])c([2H])c([2H])c([2H])c4c(-c4ccccc4-c4cccc5oc6ccc7ccccc7c6c45)c4c([2H])c([2H])c([2H])c([2H])c34)c([2H])c([2H])c([2H])c2c1[2H]. The minimum Gasteiger partial charge on any atom is -0.456 e. The number of hydrogen-bond donors (Lipinski definition) is 0. The van der Waals surface area contributed by atoms with Crippen molar-refractivity contribution in [3.8, 4) is 100 Å². The van der Waals surface area contributed by atoms with Gasteiger partial charge in [0.1, 0.15) is 33.5 Å². The van der Waals surface area contributed by atoms with Gasteiger partial charge in [0.25, 0.3) is 0 Å². The van der Waals surface area contributed by atoms with E-state index in [2.05, 4.69) is 24.3 Å². The molecule has 3 aromatic heterocycles. The van der Waals surface area contributed by atoms with Crippen molar-refractivity contribution >= 4 is 217 Å². The molecule has 0 spiro atoms. The average Bonchev–Trinajstić information content (AvgIpc) is 0.823. The normalized spacial score (nSPS) is 14.8. The van der Waals surface area contributed by atoms with Crippen LogP contribution in [0.5, 0.6) is 0 Å². The summed E-state index contributed by atoms with van der Waals surface area (Å²) in [6.45, 7) is 0. The monoisotopic (exact) mass is 1920 g/mol. The fourth-order valence-corrected chi connectivity index (χ4v) is 23.1. The van der Waals surface area contributed by atoms with E-state index in [0.717, 1.165) is 119 Å². The van der Waals surface area contributed by atoms with Crippen LogP contribution in [0.4, 0.5) is 0 Å². The highest BCUT2D eigenvalue weighted by Gasteiger charge is 2.30. The van der Waals surface area contributed by atoms with Crippen molar-refractivity contribution in [1.82, 2.24) is 0 Å². The van der Waals surface area contributed by atoms with Gasteiger partial charge >= 0.3 is 0 Å². The zero-order valence-electron chi connectivity index (χ0n) is 110. The topological polar surface area (TPSA) is 39.4 Å². The third kappa shape index (κ3) is 13.5. The molecule has 0 saturated heterocycles. The molecule has 0 unspecified atom stereocenters. The van der Waals surface area contributed by atoms with Crippen molar-refractivity contribution in [1.29, 1.82) is 0 Å². The van der Waals surface area contributed by atoms with E-state index in [-0.39, 0.29) is 124 Å². The summed E-state index contributed by atoms with van der Waals surface area (Å²) >= 11 is 0. The summed E-state index contributed by atoms with van der Waals surface area (Å²) in [7, 11) is 0. The molecule has 32 aromatic rings. The lowest BCUT2D eigenvalue weighted by Gasteiger charge is -2.22. The number of hydrogen-bond acceptors (Lipinski definition) is 3. The molecule has 3 nitrogen and oxygen atoms in total. The van der Waals surface area contributed by atoms with Crippen LogP contribution in [0.1, 0.15) is 42.5 Å². The fourth-order valence-electron chi connectivity index (χ4n) is 23.1. The second-order valence-corrected chi connectivity index (χ2v) is 37.1. The Hall–Kier alpha value is -19.6. The van der Waals surface area contributed by atoms with Crippen LogP contribution in [0, 0.1) is 0 Å². The zero-order chi connectivity index (χ0) is 125. The highest BCUT2D eigenvalue weighted by molar-refractivity contribution is 6.34. The largest absolute Gasteiger partial charge is 0.456 e. The Bertz CT molecular complexity index is 13100. The van der Waals surface area contributed by atoms with Crippen LogP contribution in [-0.2, 0) is 0 Å². The first-order chi connectivity index (χ1) is 86.9. The summed E-state index contributed by atoms with van der Waals surface area (Å²) in [6.07, 6.45) is 0. The van der Waals surface area contributed by atoms with Gasteiger partial charge < -0.3 is 13.3 Å². The molecule has 0 fully saturated rings. The zero-order valence-corrected chi connectivity index (χ0v) is 78.6. The van der Waals surface area contributed by atoms with E-state index in [4.69, 9.17) is 37.9 Å². The Kier molecular flexibility index (Phi) is 13.8. The highest BCUT2D eigenvalue weighted by Crippen LogP contribution is 2.57. The molecule has 0 radical (unpaired) electrons. The van der Waals surface area contributed by atoms with E-state index in [1.54, 1.807) is 18.2 Å². The highest BCUT2D eigenvalue weighted by atomic mass is 16.3. The van der Waals surface area contributed by atoms with Crippen molar-refractivity contribution in [2.75, 3.05) is 0 Å². The third-order valence-corrected chi connectivity index (χ3v) is 29.4. The van der Waals surface area contributed by atoms with Gasteiger partial charge in [0.2, 0.25) is 0 Å². The van der Waals surface area contributed by atoms with Crippen molar-refractivity contribution in [2.24, 2.45) is 0 Å². The van der Waals surface area contributed by atoms with Gasteiger partial charge in [-0.1, -0.05) is 491 Å².